The molecule has 3 rings (SSSR count). The maximum Gasteiger partial charge on any atom is 0.200 e. The third kappa shape index (κ3) is 3.53. The Balaban J connectivity index is 0.00000225. The van der Waals surface area contributed by atoms with Gasteiger partial charge in [-0.3, -0.25) is 4.98 Å². The minimum Gasteiger partial charge on any atom is -0.502 e. The van der Waals surface area contributed by atoms with Crippen molar-refractivity contribution in [3.05, 3.63) is 42.2 Å². The van der Waals surface area contributed by atoms with Crippen LogP contribution in [-0.4, -0.2) is 34.3 Å². The highest BCUT2D eigenvalue weighted by Crippen LogP contribution is 2.40. The van der Waals surface area contributed by atoms with Crippen LogP contribution < -0.4 is 9.47 Å². The maximum atomic E-state index is 10.1. The molecule has 0 saturated heterocycles. The average molecular weight is 362 g/mol. The van der Waals surface area contributed by atoms with Crippen LogP contribution in [0.15, 0.2) is 36.5 Å². The lowest BCUT2D eigenvalue weighted by Crippen LogP contribution is -1.91. The zero-order valence-corrected chi connectivity index (χ0v) is 15.1. The van der Waals surface area contributed by atoms with Gasteiger partial charge in [-0.15, -0.1) is 12.4 Å². The van der Waals surface area contributed by atoms with Crippen LogP contribution >= 0.6 is 12.4 Å². The first-order valence-electron chi connectivity index (χ1n) is 7.63. The van der Waals surface area contributed by atoms with Crippen LogP contribution in [-0.2, 0) is 6.42 Å². The van der Waals surface area contributed by atoms with Crippen LogP contribution in [0.25, 0.3) is 22.8 Å². The van der Waals surface area contributed by atoms with Gasteiger partial charge in [0.05, 0.1) is 31.3 Å². The Morgan fingerprint density at radius 1 is 1.12 bits per heavy atom. The summed E-state index contributed by atoms with van der Waals surface area (Å²) < 4.78 is 10.4. The van der Waals surface area contributed by atoms with Crippen LogP contribution in [0.5, 0.6) is 17.2 Å². The van der Waals surface area contributed by atoms with Crippen LogP contribution in [0, 0.1) is 0 Å². The summed E-state index contributed by atoms with van der Waals surface area (Å²) >= 11 is 0. The SMILES string of the molecule is CCc1nc(-c2cc(OC)c(O)c(OC)c2)[nH]c1-c1ccccn1.Cl. The Hall–Kier alpha value is -2.73. The Morgan fingerprint density at radius 3 is 2.32 bits per heavy atom. The van der Waals surface area contributed by atoms with E-state index in [2.05, 4.69) is 15.0 Å². The number of phenolic OH excluding ortho intramolecular Hbond substituents is 1. The van der Waals surface area contributed by atoms with E-state index in [-0.39, 0.29) is 18.2 Å². The molecule has 0 atom stereocenters. The van der Waals surface area contributed by atoms with Crippen molar-refractivity contribution < 1.29 is 14.6 Å². The summed E-state index contributed by atoms with van der Waals surface area (Å²) in [6.45, 7) is 2.05. The fraction of sp³-hybridized carbons (Fsp3) is 0.222. The molecular weight excluding hydrogens is 342 g/mol. The smallest absolute Gasteiger partial charge is 0.200 e. The molecule has 0 fully saturated rings. The normalized spacial score (nSPS) is 10.2. The van der Waals surface area contributed by atoms with Crippen LogP contribution in [0.2, 0.25) is 0 Å². The third-order valence-electron chi connectivity index (χ3n) is 3.79. The summed E-state index contributed by atoms with van der Waals surface area (Å²) in [5.41, 5.74) is 3.41. The minimum atomic E-state index is -0.0315. The number of methoxy groups -OCH3 is 2. The number of aromatic hydroxyl groups is 1. The predicted molar refractivity (Wildman–Crippen MR) is 98.6 cm³/mol. The molecule has 2 aromatic heterocycles. The average Bonchev–Trinajstić information content (AvgIpc) is 3.07. The summed E-state index contributed by atoms with van der Waals surface area (Å²) in [7, 11) is 2.99. The predicted octanol–water partition coefficient (Wildman–Crippen LogP) is 3.85. The second-order valence-electron chi connectivity index (χ2n) is 5.21. The summed E-state index contributed by atoms with van der Waals surface area (Å²) in [5.74, 6) is 1.30. The monoisotopic (exact) mass is 361 g/mol. The number of pyridine rings is 1. The van der Waals surface area contributed by atoms with Gasteiger partial charge in [0.1, 0.15) is 5.82 Å². The van der Waals surface area contributed by atoms with Crippen molar-refractivity contribution in [3.63, 3.8) is 0 Å². The Kier molecular flexibility index (Phi) is 5.88. The van der Waals surface area contributed by atoms with E-state index in [1.807, 2.05) is 25.1 Å². The van der Waals surface area contributed by atoms with Gasteiger partial charge in [0.25, 0.3) is 0 Å². The lowest BCUT2D eigenvalue weighted by molar-refractivity contribution is 0.340. The number of nitrogens with one attached hydrogen (secondary N) is 1. The van der Waals surface area contributed by atoms with E-state index in [0.29, 0.717) is 17.3 Å². The largest absolute Gasteiger partial charge is 0.502 e. The van der Waals surface area contributed by atoms with E-state index < -0.39 is 0 Å². The quantitative estimate of drug-likeness (QED) is 0.721. The number of halogens is 1. The van der Waals surface area contributed by atoms with E-state index in [9.17, 15) is 5.11 Å². The number of phenols is 1. The standard InChI is InChI=1S/C18H19N3O3.ClH/c1-4-12-16(13-7-5-6-8-19-13)21-18(20-12)11-9-14(23-2)17(22)15(10-11)24-3;/h5-10,22H,4H2,1-3H3,(H,20,21);1H. The molecule has 132 valence electrons. The second kappa shape index (κ2) is 7.90. The van der Waals surface area contributed by atoms with Crippen molar-refractivity contribution in [1.82, 2.24) is 15.0 Å². The Morgan fingerprint density at radius 2 is 1.80 bits per heavy atom. The number of rotatable bonds is 5. The zero-order chi connectivity index (χ0) is 17.1. The van der Waals surface area contributed by atoms with Crippen molar-refractivity contribution in [3.8, 4) is 40.0 Å². The first-order chi connectivity index (χ1) is 11.7. The number of aromatic nitrogens is 3. The van der Waals surface area contributed by atoms with Gasteiger partial charge in [-0.25, -0.2) is 4.98 Å². The third-order valence-corrected chi connectivity index (χ3v) is 3.79. The number of aryl methyl sites for hydroxylation is 1. The fourth-order valence-electron chi connectivity index (χ4n) is 2.55. The lowest BCUT2D eigenvalue weighted by atomic mass is 10.1. The number of hydrogen-bond donors (Lipinski definition) is 2. The molecule has 25 heavy (non-hydrogen) atoms. The second-order valence-corrected chi connectivity index (χ2v) is 5.21. The van der Waals surface area contributed by atoms with Crippen LogP contribution in [0.4, 0.5) is 0 Å². The highest BCUT2D eigenvalue weighted by molar-refractivity contribution is 5.85. The van der Waals surface area contributed by atoms with Crippen LogP contribution in [0.1, 0.15) is 12.6 Å². The number of ether oxygens (including phenoxy) is 2. The summed E-state index contributed by atoms with van der Waals surface area (Å²) in [6, 6.07) is 9.20. The lowest BCUT2D eigenvalue weighted by Gasteiger charge is -2.10. The molecule has 0 aliphatic rings. The van der Waals surface area contributed by atoms with E-state index in [1.54, 1.807) is 18.3 Å². The molecule has 7 heteroatoms. The van der Waals surface area contributed by atoms with Crippen LogP contribution in [0.3, 0.4) is 0 Å². The molecule has 0 spiro atoms. The van der Waals surface area contributed by atoms with Gasteiger partial charge < -0.3 is 19.6 Å². The van der Waals surface area contributed by atoms with Gasteiger partial charge in [0.15, 0.2) is 11.5 Å². The number of nitrogens with zero attached hydrogens (tertiary/aromatic N) is 2. The van der Waals surface area contributed by atoms with Crippen molar-refractivity contribution >= 4 is 12.4 Å². The van der Waals surface area contributed by atoms with Gasteiger partial charge in [-0.1, -0.05) is 13.0 Å². The molecule has 0 aliphatic heterocycles. The molecule has 0 aliphatic carbocycles. The first kappa shape index (κ1) is 18.6. The van der Waals surface area contributed by atoms with Crippen molar-refractivity contribution in [2.45, 2.75) is 13.3 Å². The van der Waals surface area contributed by atoms with E-state index in [4.69, 9.17) is 9.47 Å². The van der Waals surface area contributed by atoms with E-state index in [0.717, 1.165) is 29.1 Å². The molecule has 0 saturated carbocycles. The molecule has 0 amide bonds. The van der Waals surface area contributed by atoms with E-state index >= 15 is 0 Å². The highest BCUT2D eigenvalue weighted by atomic mass is 35.5. The summed E-state index contributed by atoms with van der Waals surface area (Å²) in [5, 5.41) is 10.1. The maximum absolute atomic E-state index is 10.1. The molecule has 0 unspecified atom stereocenters. The zero-order valence-electron chi connectivity index (χ0n) is 14.2. The number of H-pyrrole nitrogens is 1. The van der Waals surface area contributed by atoms with E-state index in [1.165, 1.54) is 14.2 Å². The Labute approximate surface area is 152 Å². The van der Waals surface area contributed by atoms with Gasteiger partial charge in [-0.2, -0.15) is 0 Å². The number of imidazole rings is 1. The summed E-state index contributed by atoms with van der Waals surface area (Å²) in [6.07, 6.45) is 2.52. The minimum absolute atomic E-state index is 0. The molecule has 1 aromatic carbocycles. The van der Waals surface area contributed by atoms with Gasteiger partial charge in [0.2, 0.25) is 5.75 Å². The molecule has 2 N–H and O–H groups in total. The van der Waals surface area contributed by atoms with Gasteiger partial charge in [0, 0.05) is 11.8 Å². The molecule has 3 aromatic rings. The molecule has 2 heterocycles. The topological polar surface area (TPSA) is 80.3 Å². The number of benzene rings is 1. The Bertz CT molecular complexity index is 825. The van der Waals surface area contributed by atoms with Gasteiger partial charge >= 0.3 is 0 Å². The summed E-state index contributed by atoms with van der Waals surface area (Å²) in [4.78, 5) is 12.4. The number of hydrogen-bond acceptors (Lipinski definition) is 5. The number of aromatic amines is 1. The molecule has 0 radical (unpaired) electrons. The highest BCUT2D eigenvalue weighted by Gasteiger charge is 2.17. The van der Waals surface area contributed by atoms with Gasteiger partial charge in [-0.05, 0) is 30.7 Å². The van der Waals surface area contributed by atoms with Crippen molar-refractivity contribution in [1.29, 1.82) is 0 Å². The first-order valence-corrected chi connectivity index (χ1v) is 7.63. The molecule has 6 nitrogen and oxygen atoms in total. The molecule has 0 bridgehead atoms. The van der Waals surface area contributed by atoms with Crippen molar-refractivity contribution in [2.24, 2.45) is 0 Å². The molecular formula is C18H20ClN3O3. The van der Waals surface area contributed by atoms with Crippen molar-refractivity contribution in [2.75, 3.05) is 14.2 Å². The fourth-order valence-corrected chi connectivity index (χ4v) is 2.55.